The van der Waals surface area contributed by atoms with Gasteiger partial charge in [0.25, 0.3) is 0 Å². The second kappa shape index (κ2) is 9.32. The van der Waals surface area contributed by atoms with Crippen molar-refractivity contribution in [2.24, 2.45) is 10.9 Å². The molecule has 0 aromatic rings. The third-order valence-corrected chi connectivity index (χ3v) is 4.98. The van der Waals surface area contributed by atoms with E-state index in [0.717, 1.165) is 18.4 Å². The fourth-order valence-corrected chi connectivity index (χ4v) is 2.54. The maximum absolute atomic E-state index is 4.33. The molecule has 3 nitrogen and oxygen atoms in total. The van der Waals surface area contributed by atoms with Crippen molar-refractivity contribution in [1.82, 2.24) is 10.6 Å². The van der Waals surface area contributed by atoms with Crippen molar-refractivity contribution in [3.63, 3.8) is 0 Å². The standard InChI is InChI=1S/C14H29N3S.HI/c1-11-7-6-8-12(9-11)17-13(15-4)16-10-14(2,3)18-5;/h11-12H,6-10H2,1-5H3,(H2,15,16,17);1H. The van der Waals surface area contributed by atoms with Crippen molar-refractivity contribution in [2.45, 2.75) is 57.2 Å². The van der Waals surface area contributed by atoms with Crippen LogP contribution in [0.4, 0.5) is 0 Å². The van der Waals surface area contributed by atoms with Gasteiger partial charge in [-0.25, -0.2) is 0 Å². The monoisotopic (exact) mass is 399 g/mol. The van der Waals surface area contributed by atoms with Crippen molar-refractivity contribution in [3.05, 3.63) is 0 Å². The molecule has 2 N–H and O–H groups in total. The molecule has 1 saturated carbocycles. The Balaban J connectivity index is 0.00000324. The number of hydrogen-bond donors (Lipinski definition) is 2. The van der Waals surface area contributed by atoms with Crippen molar-refractivity contribution in [1.29, 1.82) is 0 Å². The maximum atomic E-state index is 4.33. The molecular weight excluding hydrogens is 369 g/mol. The summed E-state index contributed by atoms with van der Waals surface area (Å²) in [7, 11) is 1.85. The average Bonchev–Trinajstić information content (AvgIpc) is 2.34. The van der Waals surface area contributed by atoms with Gasteiger partial charge < -0.3 is 10.6 Å². The molecule has 114 valence electrons. The van der Waals surface area contributed by atoms with Crippen LogP contribution in [0.1, 0.15) is 46.5 Å². The minimum atomic E-state index is 0. The van der Waals surface area contributed by atoms with Crippen LogP contribution in [0.2, 0.25) is 0 Å². The fourth-order valence-electron chi connectivity index (χ4n) is 2.32. The molecule has 0 aromatic heterocycles. The van der Waals surface area contributed by atoms with Crippen LogP contribution in [0, 0.1) is 5.92 Å². The van der Waals surface area contributed by atoms with Crippen LogP contribution in [0.15, 0.2) is 4.99 Å². The zero-order valence-corrected chi connectivity index (χ0v) is 16.1. The maximum Gasteiger partial charge on any atom is 0.191 e. The van der Waals surface area contributed by atoms with Crippen molar-refractivity contribution < 1.29 is 0 Å². The molecule has 5 heteroatoms. The molecule has 1 aliphatic carbocycles. The Hall–Kier alpha value is 0.350. The highest BCUT2D eigenvalue weighted by molar-refractivity contribution is 14.0. The first-order valence-corrected chi connectivity index (χ1v) is 8.21. The summed E-state index contributed by atoms with van der Waals surface area (Å²) < 4.78 is 0.247. The highest BCUT2D eigenvalue weighted by atomic mass is 127. The second-order valence-electron chi connectivity index (χ2n) is 6.00. The van der Waals surface area contributed by atoms with E-state index in [2.05, 4.69) is 42.7 Å². The molecule has 1 aliphatic rings. The number of nitrogens with zero attached hydrogens (tertiary/aromatic N) is 1. The summed E-state index contributed by atoms with van der Waals surface area (Å²) in [4.78, 5) is 4.33. The summed E-state index contributed by atoms with van der Waals surface area (Å²) in [6.45, 7) is 7.79. The van der Waals surface area contributed by atoms with E-state index in [-0.39, 0.29) is 28.7 Å². The number of aliphatic imine (C=N–C) groups is 1. The molecule has 0 spiro atoms. The van der Waals surface area contributed by atoms with E-state index in [1.54, 1.807) is 0 Å². The molecule has 0 radical (unpaired) electrons. The van der Waals surface area contributed by atoms with Crippen LogP contribution in [0.5, 0.6) is 0 Å². The summed E-state index contributed by atoms with van der Waals surface area (Å²) >= 11 is 1.88. The van der Waals surface area contributed by atoms with Crippen molar-refractivity contribution in [3.8, 4) is 0 Å². The Kier molecular flexibility index (Phi) is 9.49. The lowest BCUT2D eigenvalue weighted by Crippen LogP contribution is -2.48. The predicted molar refractivity (Wildman–Crippen MR) is 98.9 cm³/mol. The molecule has 2 unspecified atom stereocenters. The van der Waals surface area contributed by atoms with Gasteiger partial charge in [0.1, 0.15) is 0 Å². The minimum Gasteiger partial charge on any atom is -0.355 e. The first kappa shape index (κ1) is 19.4. The molecule has 0 aliphatic heterocycles. The smallest absolute Gasteiger partial charge is 0.191 e. The molecule has 1 rings (SSSR count). The summed E-state index contributed by atoms with van der Waals surface area (Å²) in [6.07, 6.45) is 7.42. The SMILES string of the molecule is CN=C(NCC(C)(C)SC)NC1CCCC(C)C1.I. The van der Waals surface area contributed by atoms with E-state index in [1.807, 2.05) is 18.8 Å². The number of nitrogens with one attached hydrogen (secondary N) is 2. The first-order chi connectivity index (χ1) is 8.46. The van der Waals surface area contributed by atoms with Gasteiger partial charge in [0, 0.05) is 24.4 Å². The molecule has 0 saturated heterocycles. The molecule has 2 atom stereocenters. The highest BCUT2D eigenvalue weighted by Gasteiger charge is 2.21. The van der Waals surface area contributed by atoms with E-state index in [9.17, 15) is 0 Å². The van der Waals surface area contributed by atoms with Crippen LogP contribution in [-0.4, -0.2) is 36.6 Å². The van der Waals surface area contributed by atoms with Gasteiger partial charge in [-0.15, -0.1) is 24.0 Å². The summed E-state index contributed by atoms with van der Waals surface area (Å²) in [5.74, 6) is 1.80. The van der Waals surface area contributed by atoms with Gasteiger partial charge in [-0.2, -0.15) is 11.8 Å². The zero-order chi connectivity index (χ0) is 13.6. The Bertz CT molecular complexity index is 282. The van der Waals surface area contributed by atoms with Gasteiger partial charge in [0.15, 0.2) is 5.96 Å². The summed E-state index contributed by atoms with van der Waals surface area (Å²) in [5, 5.41) is 7.00. The van der Waals surface area contributed by atoms with Crippen LogP contribution in [-0.2, 0) is 0 Å². The lowest BCUT2D eigenvalue weighted by molar-refractivity contribution is 0.324. The topological polar surface area (TPSA) is 36.4 Å². The van der Waals surface area contributed by atoms with E-state index < -0.39 is 0 Å². The van der Waals surface area contributed by atoms with Crippen molar-refractivity contribution >= 4 is 41.7 Å². The van der Waals surface area contributed by atoms with Gasteiger partial charge in [0.2, 0.25) is 0 Å². The third kappa shape index (κ3) is 7.63. The molecule has 19 heavy (non-hydrogen) atoms. The lowest BCUT2D eigenvalue weighted by atomic mass is 9.87. The number of guanidine groups is 1. The molecule has 1 fully saturated rings. The van der Waals surface area contributed by atoms with Gasteiger partial charge >= 0.3 is 0 Å². The van der Waals surface area contributed by atoms with Gasteiger partial charge in [0.05, 0.1) is 0 Å². The summed E-state index contributed by atoms with van der Waals surface area (Å²) in [6, 6.07) is 0.595. The fraction of sp³-hybridized carbons (Fsp3) is 0.929. The second-order valence-corrected chi connectivity index (χ2v) is 7.52. The Morgan fingerprint density at radius 1 is 1.37 bits per heavy atom. The molecule has 0 bridgehead atoms. The third-order valence-electron chi connectivity index (χ3n) is 3.73. The largest absolute Gasteiger partial charge is 0.355 e. The van der Waals surface area contributed by atoms with E-state index >= 15 is 0 Å². The van der Waals surface area contributed by atoms with Crippen LogP contribution in [0.3, 0.4) is 0 Å². The molecule has 0 heterocycles. The van der Waals surface area contributed by atoms with Crippen molar-refractivity contribution in [2.75, 3.05) is 19.8 Å². The average molecular weight is 399 g/mol. The predicted octanol–water partition coefficient (Wildman–Crippen LogP) is 3.49. The van der Waals surface area contributed by atoms with Crippen LogP contribution in [0.25, 0.3) is 0 Å². The van der Waals surface area contributed by atoms with Gasteiger partial charge in [-0.1, -0.05) is 19.8 Å². The van der Waals surface area contributed by atoms with E-state index in [4.69, 9.17) is 0 Å². The minimum absolute atomic E-state index is 0. The summed E-state index contributed by atoms with van der Waals surface area (Å²) in [5.41, 5.74) is 0. The quantitative estimate of drug-likeness (QED) is 0.432. The van der Waals surface area contributed by atoms with Crippen LogP contribution < -0.4 is 10.6 Å². The van der Waals surface area contributed by atoms with E-state index in [0.29, 0.717) is 6.04 Å². The number of hydrogen-bond acceptors (Lipinski definition) is 2. The van der Waals surface area contributed by atoms with Gasteiger partial charge in [-0.05, 0) is 38.9 Å². The Labute approximate surface area is 140 Å². The Morgan fingerprint density at radius 2 is 2.05 bits per heavy atom. The zero-order valence-electron chi connectivity index (χ0n) is 13.0. The van der Waals surface area contributed by atoms with Gasteiger partial charge in [-0.3, -0.25) is 4.99 Å². The Morgan fingerprint density at radius 3 is 2.58 bits per heavy atom. The number of thioether (sulfide) groups is 1. The van der Waals surface area contributed by atoms with Crippen LogP contribution >= 0.6 is 35.7 Å². The lowest BCUT2D eigenvalue weighted by Gasteiger charge is -2.30. The normalized spacial score (nSPS) is 24.6. The molecular formula is C14H30IN3S. The number of halogens is 1. The number of rotatable bonds is 4. The molecule has 0 amide bonds. The van der Waals surface area contributed by atoms with E-state index in [1.165, 1.54) is 25.7 Å². The first-order valence-electron chi connectivity index (χ1n) is 6.99. The highest BCUT2D eigenvalue weighted by Crippen LogP contribution is 2.23. The molecule has 0 aromatic carbocycles.